The molecule has 0 amide bonds. The Morgan fingerprint density at radius 1 is 1.21 bits per heavy atom. The van der Waals surface area contributed by atoms with Crippen molar-refractivity contribution in [2.75, 3.05) is 44.2 Å². The third-order valence-corrected chi connectivity index (χ3v) is 4.66. The van der Waals surface area contributed by atoms with Crippen molar-refractivity contribution >= 4 is 11.6 Å². The molecule has 0 radical (unpaired) electrons. The van der Waals surface area contributed by atoms with Crippen LogP contribution in [-0.2, 0) is 11.3 Å². The van der Waals surface area contributed by atoms with Crippen molar-refractivity contribution in [1.82, 2.24) is 20.4 Å². The summed E-state index contributed by atoms with van der Waals surface area (Å²) >= 11 is 0. The number of para-hydroxylation sites is 1. The second-order valence-electron chi connectivity index (χ2n) is 6.62. The first kappa shape index (κ1) is 20.1. The molecule has 2 aromatic rings. The van der Waals surface area contributed by atoms with Gasteiger partial charge in [0.1, 0.15) is 12.6 Å². The Bertz CT molecular complexity index is 740. The molecule has 0 aliphatic carbocycles. The van der Waals surface area contributed by atoms with Crippen LogP contribution < -0.4 is 10.2 Å². The van der Waals surface area contributed by atoms with Gasteiger partial charge < -0.3 is 24.4 Å². The molecule has 0 bridgehead atoms. The van der Waals surface area contributed by atoms with Gasteiger partial charge in [-0.3, -0.25) is 0 Å². The predicted molar refractivity (Wildman–Crippen MR) is 109 cm³/mol. The van der Waals surface area contributed by atoms with E-state index in [1.54, 1.807) is 0 Å². The smallest absolute Gasteiger partial charge is 0.248 e. The average molecular weight is 387 g/mol. The van der Waals surface area contributed by atoms with Gasteiger partial charge in [-0.05, 0) is 32.9 Å². The molecule has 1 aromatic heterocycles. The van der Waals surface area contributed by atoms with E-state index in [1.807, 2.05) is 19.9 Å². The monoisotopic (exact) mass is 386 g/mol. The number of hydrogen-bond donors (Lipinski definition) is 1. The quantitative estimate of drug-likeness (QED) is 0.578. The van der Waals surface area contributed by atoms with Gasteiger partial charge >= 0.3 is 0 Å². The second kappa shape index (κ2) is 10.1. The van der Waals surface area contributed by atoms with Crippen molar-refractivity contribution in [3.63, 3.8) is 0 Å². The molecule has 2 heterocycles. The highest BCUT2D eigenvalue weighted by atomic mass is 16.5. The van der Waals surface area contributed by atoms with Crippen molar-refractivity contribution < 1.29 is 9.26 Å². The number of guanidine groups is 1. The summed E-state index contributed by atoms with van der Waals surface area (Å²) in [5, 5.41) is 7.36. The van der Waals surface area contributed by atoms with E-state index in [0.717, 1.165) is 38.7 Å². The molecule has 0 saturated carbocycles. The van der Waals surface area contributed by atoms with Gasteiger partial charge in [0.25, 0.3) is 0 Å². The van der Waals surface area contributed by atoms with E-state index in [2.05, 4.69) is 56.4 Å². The maximum atomic E-state index is 5.50. The average Bonchev–Trinajstić information content (AvgIpc) is 3.21. The van der Waals surface area contributed by atoms with Crippen LogP contribution in [0.4, 0.5) is 5.69 Å². The molecule has 1 aliphatic rings. The fourth-order valence-electron chi connectivity index (χ4n) is 3.21. The number of ether oxygens (including phenoxy) is 1. The van der Waals surface area contributed by atoms with E-state index in [-0.39, 0.29) is 6.10 Å². The summed E-state index contributed by atoms with van der Waals surface area (Å²) in [5.74, 6) is 1.95. The number of rotatable bonds is 7. The maximum Gasteiger partial charge on any atom is 0.248 e. The summed E-state index contributed by atoms with van der Waals surface area (Å²) in [7, 11) is 0. The van der Waals surface area contributed by atoms with Crippen LogP contribution >= 0.6 is 0 Å². The van der Waals surface area contributed by atoms with E-state index in [4.69, 9.17) is 14.3 Å². The zero-order valence-corrected chi connectivity index (χ0v) is 17.0. The Hall–Kier alpha value is -2.61. The van der Waals surface area contributed by atoms with Crippen molar-refractivity contribution in [2.45, 2.75) is 33.4 Å². The molecule has 1 aliphatic heterocycles. The standard InChI is InChI=1S/C20H30N6O2/c1-4-21-20(22-15-18-23-19(24-28-18)16(3)27-5-2)26-13-11-25(12-14-26)17-9-7-6-8-10-17/h6-10,16H,4-5,11-15H2,1-3H3,(H,21,22). The third kappa shape index (κ3) is 5.22. The first-order chi connectivity index (χ1) is 13.7. The van der Waals surface area contributed by atoms with E-state index >= 15 is 0 Å². The minimum absolute atomic E-state index is 0.175. The lowest BCUT2D eigenvalue weighted by Gasteiger charge is -2.37. The molecule has 1 saturated heterocycles. The number of piperazine rings is 1. The molecule has 0 spiro atoms. The van der Waals surface area contributed by atoms with Gasteiger partial charge in [0.15, 0.2) is 11.8 Å². The summed E-state index contributed by atoms with van der Waals surface area (Å²) in [6, 6.07) is 10.5. The summed E-state index contributed by atoms with van der Waals surface area (Å²) in [4.78, 5) is 13.8. The fraction of sp³-hybridized carbons (Fsp3) is 0.550. The number of aliphatic imine (C=N–C) groups is 1. The number of benzene rings is 1. The van der Waals surface area contributed by atoms with Crippen LogP contribution in [0.2, 0.25) is 0 Å². The molecule has 1 aromatic carbocycles. The van der Waals surface area contributed by atoms with Crippen LogP contribution in [0, 0.1) is 0 Å². The Kier molecular flexibility index (Phi) is 7.25. The van der Waals surface area contributed by atoms with Gasteiger partial charge in [0.05, 0.1) is 0 Å². The summed E-state index contributed by atoms with van der Waals surface area (Å²) in [6.45, 7) is 11.5. The van der Waals surface area contributed by atoms with Crippen LogP contribution in [0.25, 0.3) is 0 Å². The topological polar surface area (TPSA) is 79.0 Å². The Labute approximate surface area is 166 Å². The normalized spacial score (nSPS) is 16.3. The summed E-state index contributed by atoms with van der Waals surface area (Å²) in [5.41, 5.74) is 1.27. The molecule has 28 heavy (non-hydrogen) atoms. The second-order valence-corrected chi connectivity index (χ2v) is 6.62. The number of hydrogen-bond acceptors (Lipinski definition) is 6. The molecule has 152 valence electrons. The molecule has 3 rings (SSSR count). The molecule has 1 atom stereocenters. The van der Waals surface area contributed by atoms with Crippen LogP contribution in [-0.4, -0.2) is 60.3 Å². The minimum Gasteiger partial charge on any atom is -0.371 e. The van der Waals surface area contributed by atoms with E-state index < -0.39 is 0 Å². The number of nitrogens with one attached hydrogen (secondary N) is 1. The number of nitrogens with zero attached hydrogens (tertiary/aromatic N) is 5. The van der Waals surface area contributed by atoms with Gasteiger partial charge in [0, 0.05) is 45.0 Å². The van der Waals surface area contributed by atoms with Crippen molar-refractivity contribution in [3.8, 4) is 0 Å². The lowest BCUT2D eigenvalue weighted by atomic mass is 10.2. The van der Waals surface area contributed by atoms with Crippen LogP contribution in [0.5, 0.6) is 0 Å². The number of aromatic nitrogens is 2. The molecule has 1 N–H and O–H groups in total. The van der Waals surface area contributed by atoms with Crippen molar-refractivity contribution in [1.29, 1.82) is 0 Å². The summed E-state index contributed by atoms with van der Waals surface area (Å²) < 4.78 is 10.8. The highest BCUT2D eigenvalue weighted by Crippen LogP contribution is 2.16. The lowest BCUT2D eigenvalue weighted by molar-refractivity contribution is 0.0683. The van der Waals surface area contributed by atoms with Crippen LogP contribution in [0.3, 0.4) is 0 Å². The fourth-order valence-corrected chi connectivity index (χ4v) is 3.21. The third-order valence-electron chi connectivity index (χ3n) is 4.66. The maximum absolute atomic E-state index is 5.50. The molecule has 1 unspecified atom stereocenters. The molecule has 1 fully saturated rings. The minimum atomic E-state index is -0.175. The molecular weight excluding hydrogens is 356 g/mol. The van der Waals surface area contributed by atoms with Gasteiger partial charge in [-0.15, -0.1) is 0 Å². The molecule has 8 nitrogen and oxygen atoms in total. The Morgan fingerprint density at radius 2 is 1.96 bits per heavy atom. The highest BCUT2D eigenvalue weighted by Gasteiger charge is 2.20. The number of anilines is 1. The van der Waals surface area contributed by atoms with Gasteiger partial charge in [-0.25, -0.2) is 4.99 Å². The first-order valence-electron chi connectivity index (χ1n) is 9.98. The first-order valence-corrected chi connectivity index (χ1v) is 9.98. The summed E-state index contributed by atoms with van der Waals surface area (Å²) in [6.07, 6.45) is -0.175. The Morgan fingerprint density at radius 3 is 2.64 bits per heavy atom. The predicted octanol–water partition coefficient (Wildman–Crippen LogP) is 2.45. The van der Waals surface area contributed by atoms with E-state index in [9.17, 15) is 0 Å². The zero-order chi connectivity index (χ0) is 19.8. The Balaban J connectivity index is 1.59. The van der Waals surface area contributed by atoms with Crippen LogP contribution in [0.1, 0.15) is 38.6 Å². The van der Waals surface area contributed by atoms with Crippen LogP contribution in [0.15, 0.2) is 39.8 Å². The lowest BCUT2D eigenvalue weighted by Crippen LogP contribution is -2.52. The SMILES string of the molecule is CCNC(=NCc1nc(C(C)OCC)no1)N1CCN(c2ccccc2)CC1. The van der Waals surface area contributed by atoms with Gasteiger partial charge in [-0.1, -0.05) is 23.4 Å². The molecule has 8 heteroatoms. The van der Waals surface area contributed by atoms with Crippen molar-refractivity contribution in [2.24, 2.45) is 4.99 Å². The van der Waals surface area contributed by atoms with Crippen molar-refractivity contribution in [3.05, 3.63) is 42.0 Å². The van der Waals surface area contributed by atoms with E-state index in [1.165, 1.54) is 5.69 Å². The van der Waals surface area contributed by atoms with Gasteiger partial charge in [0.2, 0.25) is 5.89 Å². The molecular formula is C20H30N6O2. The highest BCUT2D eigenvalue weighted by molar-refractivity contribution is 5.80. The van der Waals surface area contributed by atoms with E-state index in [0.29, 0.717) is 24.9 Å². The van der Waals surface area contributed by atoms with Gasteiger partial charge in [-0.2, -0.15) is 4.98 Å². The zero-order valence-electron chi connectivity index (χ0n) is 17.0. The largest absolute Gasteiger partial charge is 0.371 e.